The summed E-state index contributed by atoms with van der Waals surface area (Å²) in [6.07, 6.45) is 0. The Morgan fingerprint density at radius 3 is 2.06 bits per heavy atom. The Balaban J connectivity index is 0.00000256. The topological polar surface area (TPSA) is 166 Å². The summed E-state index contributed by atoms with van der Waals surface area (Å²) < 4.78 is -0.0420. The maximum Gasteiger partial charge on any atom is 1.00 e. The largest absolute Gasteiger partial charge is 1.00 e. The summed E-state index contributed by atoms with van der Waals surface area (Å²) in [6.45, 7) is 0. The summed E-state index contributed by atoms with van der Waals surface area (Å²) in [4.78, 5) is 19.6. The van der Waals surface area contributed by atoms with Crippen LogP contribution in [0.15, 0.2) is 0 Å². The molecule has 0 bridgehead atoms. The summed E-state index contributed by atoms with van der Waals surface area (Å²) >= 11 is 5.23. The van der Waals surface area contributed by atoms with Crippen LogP contribution >= 0.6 is 11.6 Å². The van der Waals surface area contributed by atoms with Crippen molar-refractivity contribution in [1.82, 2.24) is 14.8 Å². The zero-order valence-corrected chi connectivity index (χ0v) is 11.9. The second-order valence-electron chi connectivity index (χ2n) is 2.16. The first-order valence-corrected chi connectivity index (χ1v) is 3.65. The molecule has 0 saturated heterocycles. The molecule has 0 atom stereocenters. The Labute approximate surface area is 139 Å². The Morgan fingerprint density at radius 1 is 1.24 bits per heavy atom. The number of nitrogens with zero attached hydrogens (tertiary/aromatic N) is 6. The summed E-state index contributed by atoms with van der Waals surface area (Å²) in [7, 11) is 0. The molecule has 0 amide bonds. The number of nitro groups is 2. The van der Waals surface area contributed by atoms with Gasteiger partial charge in [0.1, 0.15) is 4.68 Å². The summed E-state index contributed by atoms with van der Waals surface area (Å²) in [5.41, 5.74) is 0. The van der Waals surface area contributed by atoms with Gasteiger partial charge in [0.05, 0.1) is 4.92 Å². The molecule has 14 heteroatoms. The summed E-state index contributed by atoms with van der Waals surface area (Å²) in [6, 6.07) is 0. The van der Waals surface area contributed by atoms with E-state index >= 15 is 0 Å². The van der Waals surface area contributed by atoms with E-state index in [1.165, 1.54) is 0 Å². The molecule has 12 nitrogen and oxygen atoms in total. The molecule has 0 aliphatic rings. The molecule has 0 aliphatic heterocycles. The summed E-state index contributed by atoms with van der Waals surface area (Å²) in [5, 5.41) is 43.1. The fourth-order valence-corrected chi connectivity index (χ4v) is 0.898. The first-order valence-electron chi connectivity index (χ1n) is 3.27. The molecule has 1 aromatic rings. The molecule has 1 heterocycles. The van der Waals surface area contributed by atoms with E-state index in [9.17, 15) is 30.6 Å². The Morgan fingerprint density at radius 2 is 1.76 bits per heavy atom. The number of halogens is 1. The van der Waals surface area contributed by atoms with Gasteiger partial charge in [-0.3, -0.25) is 0 Å². The van der Waals surface area contributed by atoms with E-state index in [2.05, 4.69) is 10.1 Å². The van der Waals surface area contributed by atoms with Crippen molar-refractivity contribution in [1.29, 1.82) is 0 Å². The third kappa shape index (κ3) is 3.55. The van der Waals surface area contributed by atoms with Crippen LogP contribution in [0.3, 0.4) is 0 Å². The van der Waals surface area contributed by atoms with Crippen molar-refractivity contribution in [3.63, 3.8) is 0 Å². The molecule has 17 heavy (non-hydrogen) atoms. The van der Waals surface area contributed by atoms with E-state index < -0.39 is 31.9 Å². The average molecular weight is 291 g/mol. The minimum absolute atomic E-state index is 0. The molecule has 0 aliphatic carbocycles. The molecule has 0 radical (unpaired) electrons. The zero-order chi connectivity index (χ0) is 12.5. The van der Waals surface area contributed by atoms with Crippen LogP contribution in [-0.4, -0.2) is 35.5 Å². The number of hydrogen-bond acceptors (Lipinski definition) is 8. The van der Waals surface area contributed by atoms with Gasteiger partial charge in [-0.2, -0.15) is 4.90 Å². The van der Waals surface area contributed by atoms with Gasteiger partial charge in [-0.05, 0) is 4.92 Å². The number of rotatable bonds is 1. The fraction of sp³-hybridized carbons (Fsp3) is 0. The minimum atomic E-state index is -1.65. The van der Waals surface area contributed by atoms with Gasteiger partial charge in [-0.1, -0.05) is 0 Å². The molecular formula is C3ClKN6O6. The van der Waals surface area contributed by atoms with Crippen LogP contribution in [-0.2, 0) is 0 Å². The van der Waals surface area contributed by atoms with Gasteiger partial charge in [0.2, 0.25) is 0 Å². The maximum atomic E-state index is 10.3. The third-order valence-corrected chi connectivity index (χ3v) is 1.48. The van der Waals surface area contributed by atoms with E-state index in [1.807, 2.05) is 0 Å². The van der Waals surface area contributed by atoms with Crippen molar-refractivity contribution in [2.75, 3.05) is 0 Å². The molecule has 1 aromatic heterocycles. The smallest absolute Gasteiger partial charge is 0.674 e. The van der Waals surface area contributed by atoms with Gasteiger partial charge in [0, 0.05) is 16.6 Å². The van der Waals surface area contributed by atoms with Crippen molar-refractivity contribution in [2.24, 2.45) is 0 Å². The first-order chi connectivity index (χ1) is 7.34. The van der Waals surface area contributed by atoms with Gasteiger partial charge in [-0.25, -0.2) is 0 Å². The quantitative estimate of drug-likeness (QED) is 0.127. The molecule has 0 unspecified atom stereocenters. The van der Waals surface area contributed by atoms with Crippen LogP contribution in [0.1, 0.15) is 0 Å². The Hall–Kier alpha value is -0.864. The second kappa shape index (κ2) is 6.17. The maximum absolute atomic E-state index is 10.3. The standard InChI is InChI=1S/C3ClN6O6.K/c4-1-5-2(8(11)12)6-7(1)3(9(13)14)10(15)16;/q-1;+1. The van der Waals surface area contributed by atoms with Crippen LogP contribution in [0.2, 0.25) is 5.28 Å². The monoisotopic (exact) mass is 290 g/mol. The normalized spacial score (nSPS) is 9.24. The predicted octanol–water partition coefficient (Wildman–Crippen LogP) is -3.67. The summed E-state index contributed by atoms with van der Waals surface area (Å²) in [5.74, 6) is -2.73. The first kappa shape index (κ1) is 16.1. The van der Waals surface area contributed by atoms with Crippen molar-refractivity contribution >= 4 is 23.5 Å². The van der Waals surface area contributed by atoms with Gasteiger partial charge in [0.15, 0.2) is 5.10 Å². The molecule has 0 spiro atoms. The van der Waals surface area contributed by atoms with Crippen LogP contribution in [0.4, 0.5) is 5.95 Å². The molecule has 0 N–H and O–H groups in total. The van der Waals surface area contributed by atoms with Crippen LogP contribution < -0.4 is 51.4 Å². The van der Waals surface area contributed by atoms with E-state index in [0.29, 0.717) is 0 Å². The molecule has 0 aromatic carbocycles. The third-order valence-electron chi connectivity index (χ3n) is 1.24. The minimum Gasteiger partial charge on any atom is -0.674 e. The van der Waals surface area contributed by atoms with E-state index in [0.717, 1.165) is 0 Å². The number of aromatic nitrogens is 3. The van der Waals surface area contributed by atoms with Crippen molar-refractivity contribution in [3.8, 4) is 0 Å². The van der Waals surface area contributed by atoms with Crippen molar-refractivity contribution in [3.05, 3.63) is 35.9 Å². The van der Waals surface area contributed by atoms with E-state index in [-0.39, 0.29) is 56.1 Å². The SMILES string of the molecule is O=[N+]([O-])C(n1nc([N+](=O)[O-])nc1Cl)=[N+]([O-])[O-].[K+]. The van der Waals surface area contributed by atoms with Gasteiger partial charge in [-0.15, -0.1) is 0 Å². The average Bonchev–Trinajstić information content (AvgIpc) is 2.47. The molecule has 86 valence electrons. The Bertz CT molecular complexity index is 494. The van der Waals surface area contributed by atoms with Gasteiger partial charge >= 0.3 is 68.6 Å². The van der Waals surface area contributed by atoms with Crippen LogP contribution in [0, 0.1) is 30.6 Å². The number of hydrogen-bond donors (Lipinski definition) is 0. The van der Waals surface area contributed by atoms with E-state index in [1.54, 1.807) is 0 Å². The second-order valence-corrected chi connectivity index (χ2v) is 2.50. The van der Waals surface area contributed by atoms with E-state index in [4.69, 9.17) is 11.6 Å². The molecular weight excluding hydrogens is 291 g/mol. The predicted molar refractivity (Wildman–Crippen MR) is 46.1 cm³/mol. The molecule has 0 saturated carbocycles. The fourth-order valence-electron chi connectivity index (χ4n) is 0.709. The van der Waals surface area contributed by atoms with Crippen molar-refractivity contribution < 1.29 is 66.1 Å². The zero-order valence-electron chi connectivity index (χ0n) is 8.01. The Kier molecular flexibility index (Phi) is 5.86. The van der Waals surface area contributed by atoms with Crippen LogP contribution in [0.5, 0.6) is 0 Å². The van der Waals surface area contributed by atoms with Crippen molar-refractivity contribution in [2.45, 2.75) is 0 Å². The molecule has 1 rings (SSSR count). The van der Waals surface area contributed by atoms with Gasteiger partial charge in [0.25, 0.3) is 0 Å². The van der Waals surface area contributed by atoms with Gasteiger partial charge < -0.3 is 30.6 Å². The van der Waals surface area contributed by atoms with Crippen LogP contribution in [0.25, 0.3) is 0 Å². The molecule has 0 fully saturated rings.